The third-order valence-electron chi connectivity index (χ3n) is 3.65. The SMILES string of the molecule is O=C(CCn1ncc(=O)c2ccccc21)OCCOc1ccccc1. The van der Waals surface area contributed by atoms with Crippen molar-refractivity contribution >= 4 is 16.9 Å². The molecule has 0 N–H and O–H groups in total. The summed E-state index contributed by atoms with van der Waals surface area (Å²) < 4.78 is 12.3. The fraction of sp³-hybridized carbons (Fsp3) is 0.211. The first kappa shape index (κ1) is 16.7. The molecule has 25 heavy (non-hydrogen) atoms. The Bertz CT molecular complexity index is 906. The van der Waals surface area contributed by atoms with Crippen LogP contribution in [-0.2, 0) is 16.1 Å². The molecule has 128 valence electrons. The minimum absolute atomic E-state index is 0.132. The molecule has 0 aliphatic heterocycles. The van der Waals surface area contributed by atoms with E-state index in [-0.39, 0.29) is 24.4 Å². The van der Waals surface area contributed by atoms with Crippen molar-refractivity contribution in [3.63, 3.8) is 0 Å². The predicted octanol–water partition coefficient (Wildman–Crippen LogP) is 2.41. The summed E-state index contributed by atoms with van der Waals surface area (Å²) >= 11 is 0. The maximum Gasteiger partial charge on any atom is 0.307 e. The van der Waals surface area contributed by atoms with Crippen molar-refractivity contribution in [1.82, 2.24) is 9.78 Å². The molecule has 0 radical (unpaired) electrons. The van der Waals surface area contributed by atoms with E-state index in [9.17, 15) is 9.59 Å². The van der Waals surface area contributed by atoms with Crippen molar-refractivity contribution in [3.8, 4) is 5.75 Å². The monoisotopic (exact) mass is 338 g/mol. The Labute approximate surface area is 144 Å². The molecule has 0 aliphatic carbocycles. The summed E-state index contributed by atoms with van der Waals surface area (Å²) in [5.41, 5.74) is 0.572. The second kappa shape index (κ2) is 8.10. The largest absolute Gasteiger partial charge is 0.490 e. The maximum atomic E-state index is 11.9. The van der Waals surface area contributed by atoms with E-state index in [2.05, 4.69) is 5.10 Å². The molecule has 3 rings (SSSR count). The van der Waals surface area contributed by atoms with E-state index in [0.29, 0.717) is 24.1 Å². The van der Waals surface area contributed by atoms with E-state index in [4.69, 9.17) is 9.47 Å². The van der Waals surface area contributed by atoms with Crippen molar-refractivity contribution in [1.29, 1.82) is 0 Å². The molecule has 0 aliphatic rings. The second-order valence-corrected chi connectivity index (χ2v) is 5.38. The average molecular weight is 338 g/mol. The van der Waals surface area contributed by atoms with Gasteiger partial charge in [0.05, 0.1) is 24.7 Å². The molecule has 0 unspecified atom stereocenters. The minimum atomic E-state index is -0.332. The third kappa shape index (κ3) is 4.44. The summed E-state index contributed by atoms with van der Waals surface area (Å²) in [5, 5.41) is 4.67. The first-order valence-electron chi connectivity index (χ1n) is 8.02. The molecule has 6 nitrogen and oxygen atoms in total. The molecule has 0 spiro atoms. The van der Waals surface area contributed by atoms with E-state index in [1.807, 2.05) is 42.5 Å². The fourth-order valence-corrected chi connectivity index (χ4v) is 2.44. The molecule has 0 amide bonds. The molecule has 6 heteroatoms. The van der Waals surface area contributed by atoms with E-state index in [1.165, 1.54) is 6.20 Å². The molecule has 3 aromatic rings. The Morgan fingerprint density at radius 2 is 1.76 bits per heavy atom. The molecular weight excluding hydrogens is 320 g/mol. The summed E-state index contributed by atoms with van der Waals surface area (Å²) in [6.45, 7) is 0.834. The van der Waals surface area contributed by atoms with Crippen molar-refractivity contribution < 1.29 is 14.3 Å². The highest BCUT2D eigenvalue weighted by Gasteiger charge is 2.07. The smallest absolute Gasteiger partial charge is 0.307 e. The van der Waals surface area contributed by atoms with Crippen LogP contribution in [0.5, 0.6) is 5.75 Å². The van der Waals surface area contributed by atoms with Gasteiger partial charge in [-0.3, -0.25) is 14.3 Å². The molecule has 1 aromatic heterocycles. The van der Waals surface area contributed by atoms with Gasteiger partial charge in [-0.15, -0.1) is 0 Å². The van der Waals surface area contributed by atoms with Gasteiger partial charge >= 0.3 is 5.97 Å². The molecule has 1 heterocycles. The highest BCUT2D eigenvalue weighted by Crippen LogP contribution is 2.09. The number of ether oxygens (including phenoxy) is 2. The van der Waals surface area contributed by atoms with Crippen LogP contribution in [0.25, 0.3) is 10.9 Å². The van der Waals surface area contributed by atoms with Crippen LogP contribution < -0.4 is 10.2 Å². The summed E-state index contributed by atoms with van der Waals surface area (Å²) in [7, 11) is 0. The molecule has 0 saturated carbocycles. The van der Waals surface area contributed by atoms with Crippen LogP contribution in [-0.4, -0.2) is 29.0 Å². The van der Waals surface area contributed by atoms with Gasteiger partial charge in [-0.2, -0.15) is 5.10 Å². The topological polar surface area (TPSA) is 70.4 Å². The predicted molar refractivity (Wildman–Crippen MR) is 93.5 cm³/mol. The molecule has 0 bridgehead atoms. The number of nitrogens with zero attached hydrogens (tertiary/aromatic N) is 2. The normalized spacial score (nSPS) is 10.6. The van der Waals surface area contributed by atoms with Gasteiger partial charge < -0.3 is 9.47 Å². The second-order valence-electron chi connectivity index (χ2n) is 5.38. The number of para-hydroxylation sites is 2. The van der Waals surface area contributed by atoms with Crippen molar-refractivity contribution in [3.05, 3.63) is 71.0 Å². The van der Waals surface area contributed by atoms with Gasteiger partial charge in [0.15, 0.2) is 0 Å². The summed E-state index contributed by atoms with van der Waals surface area (Å²) in [6, 6.07) is 16.5. The fourth-order valence-electron chi connectivity index (χ4n) is 2.44. The zero-order chi connectivity index (χ0) is 17.5. The first-order chi connectivity index (χ1) is 12.2. The van der Waals surface area contributed by atoms with Crippen molar-refractivity contribution in [2.75, 3.05) is 13.2 Å². The summed E-state index contributed by atoms with van der Waals surface area (Å²) in [5.74, 6) is 0.406. The standard InChI is InChI=1S/C19H18N2O4/c22-18-14-20-21(17-9-5-4-8-16(17)18)11-10-19(23)25-13-12-24-15-6-2-1-3-7-15/h1-9,14H,10-13H2. The number of aromatic nitrogens is 2. The number of aryl methyl sites for hydroxylation is 1. The number of hydrogen-bond donors (Lipinski definition) is 0. The third-order valence-corrected chi connectivity index (χ3v) is 3.65. The van der Waals surface area contributed by atoms with Crippen molar-refractivity contribution in [2.24, 2.45) is 0 Å². The van der Waals surface area contributed by atoms with Gasteiger partial charge in [-0.05, 0) is 24.3 Å². The van der Waals surface area contributed by atoms with Crippen LogP contribution in [0.4, 0.5) is 0 Å². The van der Waals surface area contributed by atoms with E-state index in [0.717, 1.165) is 5.75 Å². The van der Waals surface area contributed by atoms with Crippen LogP contribution in [0.3, 0.4) is 0 Å². The highest BCUT2D eigenvalue weighted by atomic mass is 16.6. The zero-order valence-corrected chi connectivity index (χ0v) is 13.6. The Morgan fingerprint density at radius 1 is 1.00 bits per heavy atom. The number of esters is 1. The van der Waals surface area contributed by atoms with Crippen LogP contribution in [0.15, 0.2) is 65.6 Å². The number of fused-ring (bicyclic) bond motifs is 1. The number of carbonyl (C=O) groups excluding carboxylic acids is 1. The first-order valence-corrected chi connectivity index (χ1v) is 8.02. The van der Waals surface area contributed by atoms with Crippen LogP contribution in [0, 0.1) is 0 Å². The lowest BCUT2D eigenvalue weighted by molar-refractivity contribution is -0.144. The van der Waals surface area contributed by atoms with Crippen LogP contribution in [0.1, 0.15) is 6.42 Å². The Kier molecular flexibility index (Phi) is 5.41. The summed E-state index contributed by atoms with van der Waals surface area (Å²) in [6.07, 6.45) is 1.44. The maximum absolute atomic E-state index is 11.9. The van der Waals surface area contributed by atoms with Crippen LogP contribution >= 0.6 is 0 Å². The van der Waals surface area contributed by atoms with Crippen LogP contribution in [0.2, 0.25) is 0 Å². The lowest BCUT2D eigenvalue weighted by atomic mass is 10.2. The molecular formula is C19H18N2O4. The van der Waals surface area contributed by atoms with Crippen molar-refractivity contribution in [2.45, 2.75) is 13.0 Å². The number of hydrogen-bond acceptors (Lipinski definition) is 5. The van der Waals surface area contributed by atoms with Gasteiger partial charge in [-0.1, -0.05) is 30.3 Å². The molecule has 0 atom stereocenters. The van der Waals surface area contributed by atoms with E-state index in [1.54, 1.807) is 16.8 Å². The van der Waals surface area contributed by atoms with Gasteiger partial charge in [0, 0.05) is 5.39 Å². The molecule has 0 fully saturated rings. The molecule has 0 saturated heterocycles. The number of benzene rings is 2. The Hall–Kier alpha value is -3.15. The zero-order valence-electron chi connectivity index (χ0n) is 13.6. The van der Waals surface area contributed by atoms with E-state index >= 15 is 0 Å². The quantitative estimate of drug-likeness (QED) is 0.489. The lowest BCUT2D eigenvalue weighted by Crippen LogP contribution is -2.17. The summed E-state index contributed by atoms with van der Waals surface area (Å²) in [4.78, 5) is 23.6. The van der Waals surface area contributed by atoms with E-state index < -0.39 is 0 Å². The van der Waals surface area contributed by atoms with Gasteiger partial charge in [0.2, 0.25) is 5.43 Å². The van der Waals surface area contributed by atoms with Gasteiger partial charge in [-0.25, -0.2) is 0 Å². The Balaban J connectivity index is 1.48. The average Bonchev–Trinajstić information content (AvgIpc) is 2.66. The lowest BCUT2D eigenvalue weighted by Gasteiger charge is -2.10. The Morgan fingerprint density at radius 3 is 2.60 bits per heavy atom. The molecule has 2 aromatic carbocycles. The number of rotatable bonds is 7. The highest BCUT2D eigenvalue weighted by molar-refractivity contribution is 5.78. The van der Waals surface area contributed by atoms with Gasteiger partial charge in [0.1, 0.15) is 19.0 Å². The minimum Gasteiger partial charge on any atom is -0.490 e. The number of carbonyl (C=O) groups is 1. The van der Waals surface area contributed by atoms with Gasteiger partial charge in [0.25, 0.3) is 0 Å².